The van der Waals surface area contributed by atoms with Crippen LogP contribution in [0.25, 0.3) is 0 Å². The smallest absolute Gasteiger partial charge is 0.254 e. The lowest BCUT2D eigenvalue weighted by atomic mass is 10.1. The molecule has 0 aliphatic rings. The summed E-state index contributed by atoms with van der Waals surface area (Å²) in [5.41, 5.74) is 6.45. The minimum absolute atomic E-state index is 0.304. The summed E-state index contributed by atoms with van der Waals surface area (Å²) in [7, 11) is 1.50. The van der Waals surface area contributed by atoms with Gasteiger partial charge in [0.25, 0.3) is 5.91 Å². The van der Waals surface area contributed by atoms with Gasteiger partial charge < -0.3 is 15.8 Å². The molecule has 1 aromatic carbocycles. The van der Waals surface area contributed by atoms with E-state index in [0.717, 1.165) is 0 Å². The number of carbonyl (C=O) groups excluding carboxylic acids is 1. The van der Waals surface area contributed by atoms with Gasteiger partial charge in [0.1, 0.15) is 5.75 Å². The van der Waals surface area contributed by atoms with Crippen LogP contribution in [0.5, 0.6) is 5.75 Å². The van der Waals surface area contributed by atoms with E-state index in [9.17, 15) is 4.79 Å². The van der Waals surface area contributed by atoms with Gasteiger partial charge in [0.15, 0.2) is 0 Å². The van der Waals surface area contributed by atoms with E-state index in [2.05, 4.69) is 11.2 Å². The first kappa shape index (κ1) is 11.9. The van der Waals surface area contributed by atoms with Crippen molar-refractivity contribution in [3.8, 4) is 18.1 Å². The molecule has 1 amide bonds. The Morgan fingerprint density at radius 3 is 2.88 bits per heavy atom. The molecule has 84 valence electrons. The molecule has 4 nitrogen and oxygen atoms in total. The van der Waals surface area contributed by atoms with Crippen molar-refractivity contribution in [3.05, 3.63) is 23.8 Å². The number of hydrogen-bond donors (Lipinski definition) is 2. The van der Waals surface area contributed by atoms with Crippen molar-refractivity contribution in [1.29, 1.82) is 0 Å². The minimum atomic E-state index is -0.335. The SMILES string of the molecule is C#CC(C)NC(=O)c1cccc(OC)c1N. The Kier molecular flexibility index (Phi) is 3.78. The third-order valence-electron chi connectivity index (χ3n) is 2.13. The van der Waals surface area contributed by atoms with E-state index in [1.165, 1.54) is 7.11 Å². The third-order valence-corrected chi connectivity index (χ3v) is 2.13. The molecule has 0 fully saturated rings. The van der Waals surface area contributed by atoms with Gasteiger partial charge in [-0.05, 0) is 19.1 Å². The number of benzene rings is 1. The molecule has 0 radical (unpaired) electrons. The van der Waals surface area contributed by atoms with Gasteiger partial charge in [0.05, 0.1) is 24.4 Å². The van der Waals surface area contributed by atoms with Gasteiger partial charge in [-0.3, -0.25) is 4.79 Å². The Balaban J connectivity index is 2.97. The van der Waals surface area contributed by atoms with Gasteiger partial charge in [0.2, 0.25) is 0 Å². The van der Waals surface area contributed by atoms with Crippen molar-refractivity contribution >= 4 is 11.6 Å². The standard InChI is InChI=1S/C12H14N2O2/c1-4-8(2)14-12(15)9-6-5-7-10(16-3)11(9)13/h1,5-8H,13H2,2-3H3,(H,14,15). The number of rotatable bonds is 3. The Hall–Kier alpha value is -2.15. The molecule has 1 unspecified atom stereocenters. The predicted molar refractivity (Wildman–Crippen MR) is 63.2 cm³/mol. The topological polar surface area (TPSA) is 64.3 Å². The van der Waals surface area contributed by atoms with Crippen LogP contribution < -0.4 is 15.8 Å². The maximum atomic E-state index is 11.8. The number of nitrogens with one attached hydrogen (secondary N) is 1. The average Bonchev–Trinajstić information content (AvgIpc) is 2.29. The predicted octanol–water partition coefficient (Wildman–Crippen LogP) is 1.03. The van der Waals surface area contributed by atoms with Crippen molar-refractivity contribution in [2.75, 3.05) is 12.8 Å². The monoisotopic (exact) mass is 218 g/mol. The number of anilines is 1. The van der Waals surface area contributed by atoms with Crippen LogP contribution in [-0.2, 0) is 0 Å². The fourth-order valence-corrected chi connectivity index (χ4v) is 1.24. The molecule has 1 rings (SSSR count). The van der Waals surface area contributed by atoms with E-state index in [1.54, 1.807) is 25.1 Å². The highest BCUT2D eigenvalue weighted by Crippen LogP contribution is 2.24. The van der Waals surface area contributed by atoms with E-state index in [1.807, 2.05) is 0 Å². The van der Waals surface area contributed by atoms with Gasteiger partial charge >= 0.3 is 0 Å². The van der Waals surface area contributed by atoms with E-state index in [4.69, 9.17) is 16.9 Å². The van der Waals surface area contributed by atoms with Gasteiger partial charge in [0, 0.05) is 0 Å². The molecule has 0 aliphatic heterocycles. The second kappa shape index (κ2) is 5.08. The van der Waals surface area contributed by atoms with Crippen molar-refractivity contribution in [1.82, 2.24) is 5.32 Å². The largest absolute Gasteiger partial charge is 0.495 e. The number of para-hydroxylation sites is 1. The van der Waals surface area contributed by atoms with Crippen molar-refractivity contribution in [3.63, 3.8) is 0 Å². The number of ether oxygens (including phenoxy) is 1. The van der Waals surface area contributed by atoms with Gasteiger partial charge in [-0.15, -0.1) is 6.42 Å². The molecular weight excluding hydrogens is 204 g/mol. The third kappa shape index (κ3) is 2.45. The molecule has 3 N–H and O–H groups in total. The quantitative estimate of drug-likeness (QED) is 0.588. The van der Waals surface area contributed by atoms with Crippen LogP contribution in [-0.4, -0.2) is 19.1 Å². The van der Waals surface area contributed by atoms with E-state index in [-0.39, 0.29) is 11.9 Å². The first-order valence-electron chi connectivity index (χ1n) is 4.79. The summed E-state index contributed by atoms with van der Waals surface area (Å²) in [6.07, 6.45) is 5.17. The highest BCUT2D eigenvalue weighted by molar-refractivity contribution is 6.00. The number of nitrogen functional groups attached to an aromatic ring is 1. The van der Waals surface area contributed by atoms with Crippen LogP contribution in [0.4, 0.5) is 5.69 Å². The lowest BCUT2D eigenvalue weighted by molar-refractivity contribution is 0.0949. The molecule has 0 bridgehead atoms. The van der Waals surface area contributed by atoms with Crippen molar-refractivity contribution in [2.24, 2.45) is 0 Å². The highest BCUT2D eigenvalue weighted by atomic mass is 16.5. The van der Waals surface area contributed by atoms with E-state index < -0.39 is 0 Å². The zero-order valence-electron chi connectivity index (χ0n) is 9.28. The van der Waals surface area contributed by atoms with E-state index >= 15 is 0 Å². The van der Waals surface area contributed by atoms with Gasteiger partial charge in [-0.1, -0.05) is 12.0 Å². The normalized spacial score (nSPS) is 11.3. The summed E-state index contributed by atoms with van der Waals surface area (Å²) in [6, 6.07) is 4.68. The number of amides is 1. The molecule has 16 heavy (non-hydrogen) atoms. The highest BCUT2D eigenvalue weighted by Gasteiger charge is 2.13. The van der Waals surface area contributed by atoms with Gasteiger partial charge in [-0.2, -0.15) is 0 Å². The van der Waals surface area contributed by atoms with Crippen LogP contribution in [0.2, 0.25) is 0 Å². The Bertz CT molecular complexity index is 435. The number of methoxy groups -OCH3 is 1. The molecule has 0 aliphatic carbocycles. The average molecular weight is 218 g/mol. The maximum Gasteiger partial charge on any atom is 0.254 e. The number of nitrogens with two attached hydrogens (primary N) is 1. The minimum Gasteiger partial charge on any atom is -0.495 e. The first-order valence-corrected chi connectivity index (χ1v) is 4.79. The summed E-state index contributed by atoms with van der Waals surface area (Å²) in [6.45, 7) is 1.72. The zero-order chi connectivity index (χ0) is 12.1. The maximum absolute atomic E-state index is 11.8. The Labute approximate surface area is 94.8 Å². The molecule has 0 heterocycles. The lowest BCUT2D eigenvalue weighted by Gasteiger charge is -2.11. The Morgan fingerprint density at radius 1 is 1.62 bits per heavy atom. The fraction of sp³-hybridized carbons (Fsp3) is 0.250. The lowest BCUT2D eigenvalue weighted by Crippen LogP contribution is -2.31. The summed E-state index contributed by atoms with van der Waals surface area (Å²) in [4.78, 5) is 11.8. The number of terminal acetylenes is 1. The number of hydrogen-bond acceptors (Lipinski definition) is 3. The van der Waals surface area contributed by atoms with Crippen LogP contribution in [0.15, 0.2) is 18.2 Å². The molecule has 1 aromatic rings. The molecule has 0 saturated heterocycles. The summed E-state index contributed by atoms with van der Waals surface area (Å²) in [5.74, 6) is 2.58. The molecule has 0 aromatic heterocycles. The fourth-order valence-electron chi connectivity index (χ4n) is 1.24. The molecule has 1 atom stereocenters. The van der Waals surface area contributed by atoms with Crippen LogP contribution in [0.3, 0.4) is 0 Å². The second-order valence-electron chi connectivity index (χ2n) is 3.28. The zero-order valence-corrected chi connectivity index (χ0v) is 9.28. The molecule has 4 heteroatoms. The summed E-state index contributed by atoms with van der Waals surface area (Å²) in [5, 5.41) is 2.63. The van der Waals surface area contributed by atoms with Gasteiger partial charge in [-0.25, -0.2) is 0 Å². The summed E-state index contributed by atoms with van der Waals surface area (Å²) < 4.78 is 5.02. The number of carbonyl (C=O) groups is 1. The first-order chi connectivity index (χ1) is 7.60. The molecule has 0 saturated carbocycles. The van der Waals surface area contributed by atoms with Crippen LogP contribution in [0, 0.1) is 12.3 Å². The second-order valence-corrected chi connectivity index (χ2v) is 3.28. The summed E-state index contributed by atoms with van der Waals surface area (Å²) >= 11 is 0. The molecular formula is C12H14N2O2. The van der Waals surface area contributed by atoms with Crippen LogP contribution in [0.1, 0.15) is 17.3 Å². The van der Waals surface area contributed by atoms with Crippen molar-refractivity contribution in [2.45, 2.75) is 13.0 Å². The molecule has 0 spiro atoms. The van der Waals surface area contributed by atoms with E-state index in [0.29, 0.717) is 17.0 Å². The van der Waals surface area contributed by atoms with Crippen molar-refractivity contribution < 1.29 is 9.53 Å². The Morgan fingerprint density at radius 2 is 2.31 bits per heavy atom. The van der Waals surface area contributed by atoms with Crippen LogP contribution >= 0.6 is 0 Å².